The molecule has 0 radical (unpaired) electrons. The Kier molecular flexibility index (Phi) is 6.97. The molecule has 0 fully saturated rings. The molecule has 0 spiro atoms. The number of hydrogen-bond donors (Lipinski definition) is 3. The first-order chi connectivity index (χ1) is 5.74. The third-order valence-electron chi connectivity index (χ3n) is 1.61. The van der Waals surface area contributed by atoms with Crippen molar-refractivity contribution < 1.29 is 18.7 Å². The minimum absolute atomic E-state index is 0. The van der Waals surface area contributed by atoms with Gasteiger partial charge in [0, 0.05) is 12.5 Å². The number of rotatable bonds is 5. The van der Waals surface area contributed by atoms with Crippen LogP contribution in [-0.4, -0.2) is 29.1 Å². The lowest BCUT2D eigenvalue weighted by Gasteiger charge is -2.17. The molecule has 0 aromatic carbocycles. The maximum Gasteiger partial charge on any atom is 0.247 e. The third kappa shape index (κ3) is 6.99. The fraction of sp³-hybridized carbons (Fsp3) is 0.857. The van der Waals surface area contributed by atoms with Gasteiger partial charge in [-0.25, -0.2) is 8.78 Å². The quantitative estimate of drug-likeness (QED) is 0.624. The summed E-state index contributed by atoms with van der Waals surface area (Å²) in [5.41, 5.74) is 9.96. The van der Waals surface area contributed by atoms with E-state index in [0.717, 1.165) is 6.92 Å². The van der Waals surface area contributed by atoms with Crippen LogP contribution in [0.25, 0.3) is 0 Å². The van der Waals surface area contributed by atoms with Crippen LogP contribution < -0.4 is 11.5 Å². The summed E-state index contributed by atoms with van der Waals surface area (Å²) in [7, 11) is 0. The molecule has 2 unspecified atom stereocenters. The maximum absolute atomic E-state index is 12.3. The van der Waals surface area contributed by atoms with Crippen LogP contribution in [0, 0.1) is 0 Å². The Hall–Kier alpha value is -0.460. The van der Waals surface area contributed by atoms with E-state index in [1.807, 2.05) is 0 Å². The summed E-state index contributed by atoms with van der Waals surface area (Å²) >= 11 is 0. The van der Waals surface area contributed by atoms with Gasteiger partial charge in [0.25, 0.3) is 0 Å². The molecule has 0 heterocycles. The van der Waals surface area contributed by atoms with Crippen molar-refractivity contribution in [1.29, 1.82) is 0 Å². The number of carbonyl (C=O) groups excluding carboxylic acids is 1. The van der Waals surface area contributed by atoms with Gasteiger partial charge >= 0.3 is 0 Å². The zero-order chi connectivity index (χ0) is 10.6. The standard InChI is InChI=1S/C7H14F2N2O2.ClH/c1-7(8,9)3-2-4(10)5(12)6(11)13;/h4-5,12H,2-3,10H2,1H3,(H2,11,13);1H. The van der Waals surface area contributed by atoms with Crippen LogP contribution >= 0.6 is 12.4 Å². The summed E-state index contributed by atoms with van der Waals surface area (Å²) in [5, 5.41) is 8.95. The third-order valence-corrected chi connectivity index (χ3v) is 1.61. The Labute approximate surface area is 87.0 Å². The van der Waals surface area contributed by atoms with Gasteiger partial charge in [0.05, 0.1) is 0 Å². The van der Waals surface area contributed by atoms with Crippen molar-refractivity contribution in [3.8, 4) is 0 Å². The lowest BCUT2D eigenvalue weighted by Crippen LogP contribution is -2.44. The highest BCUT2D eigenvalue weighted by Crippen LogP contribution is 2.19. The second-order valence-electron chi connectivity index (χ2n) is 3.12. The number of carbonyl (C=O) groups is 1. The minimum Gasteiger partial charge on any atom is -0.382 e. The lowest BCUT2D eigenvalue weighted by atomic mass is 10.0. The zero-order valence-corrected chi connectivity index (χ0v) is 8.56. The van der Waals surface area contributed by atoms with E-state index in [9.17, 15) is 13.6 Å². The van der Waals surface area contributed by atoms with Gasteiger partial charge in [-0.2, -0.15) is 0 Å². The molecule has 1 amide bonds. The van der Waals surface area contributed by atoms with Gasteiger partial charge in [-0.1, -0.05) is 0 Å². The molecule has 5 N–H and O–H groups in total. The van der Waals surface area contributed by atoms with Crippen LogP contribution in [0.1, 0.15) is 19.8 Å². The summed E-state index contributed by atoms with van der Waals surface area (Å²) in [6.45, 7) is 0.746. The van der Waals surface area contributed by atoms with Gasteiger partial charge in [-0.05, 0) is 13.3 Å². The lowest BCUT2D eigenvalue weighted by molar-refractivity contribution is -0.127. The summed E-state index contributed by atoms with van der Waals surface area (Å²) in [4.78, 5) is 10.4. The highest BCUT2D eigenvalue weighted by Gasteiger charge is 2.26. The molecular formula is C7H15ClF2N2O2. The van der Waals surface area contributed by atoms with Crippen molar-refractivity contribution in [3.05, 3.63) is 0 Å². The van der Waals surface area contributed by atoms with E-state index in [0.29, 0.717) is 0 Å². The van der Waals surface area contributed by atoms with E-state index < -0.39 is 30.4 Å². The SMILES string of the molecule is CC(F)(F)CCC(N)C(O)C(N)=O.Cl. The number of aliphatic hydroxyl groups is 1. The Morgan fingerprint density at radius 2 is 2.00 bits per heavy atom. The van der Waals surface area contributed by atoms with E-state index in [-0.39, 0.29) is 18.8 Å². The molecule has 0 rings (SSSR count). The van der Waals surface area contributed by atoms with E-state index in [1.54, 1.807) is 0 Å². The summed E-state index contributed by atoms with van der Waals surface area (Å²) < 4.78 is 24.6. The first-order valence-corrected chi connectivity index (χ1v) is 3.85. The number of primary amides is 1. The van der Waals surface area contributed by atoms with E-state index in [2.05, 4.69) is 0 Å². The Morgan fingerprint density at radius 3 is 2.29 bits per heavy atom. The average molecular weight is 233 g/mol. The van der Waals surface area contributed by atoms with Gasteiger partial charge in [0.1, 0.15) is 6.10 Å². The van der Waals surface area contributed by atoms with Gasteiger partial charge in [-0.15, -0.1) is 12.4 Å². The molecule has 7 heteroatoms. The predicted molar refractivity (Wildman–Crippen MR) is 50.3 cm³/mol. The minimum atomic E-state index is -2.84. The fourth-order valence-corrected chi connectivity index (χ4v) is 0.789. The first-order valence-electron chi connectivity index (χ1n) is 3.85. The number of aliphatic hydroxyl groups excluding tert-OH is 1. The van der Waals surface area contributed by atoms with E-state index >= 15 is 0 Å². The van der Waals surface area contributed by atoms with Crippen LogP contribution in [0.5, 0.6) is 0 Å². The molecule has 0 aliphatic carbocycles. The van der Waals surface area contributed by atoms with Gasteiger partial charge in [0.15, 0.2) is 0 Å². The van der Waals surface area contributed by atoms with Crippen molar-refractivity contribution in [2.45, 2.75) is 37.8 Å². The average Bonchev–Trinajstić information content (AvgIpc) is 1.97. The molecule has 14 heavy (non-hydrogen) atoms. The molecule has 0 aliphatic rings. The van der Waals surface area contributed by atoms with Crippen molar-refractivity contribution in [2.24, 2.45) is 11.5 Å². The smallest absolute Gasteiger partial charge is 0.247 e. The Morgan fingerprint density at radius 1 is 1.57 bits per heavy atom. The molecule has 86 valence electrons. The fourth-order valence-electron chi connectivity index (χ4n) is 0.789. The highest BCUT2D eigenvalue weighted by atomic mass is 35.5. The number of alkyl halides is 2. The first kappa shape index (κ1) is 16.0. The predicted octanol–water partition coefficient (Wildman–Crippen LogP) is 0.0171. The Bertz CT molecular complexity index is 187. The summed E-state index contributed by atoms with van der Waals surface area (Å²) in [6.07, 6.45) is -2.17. The van der Waals surface area contributed by atoms with E-state index in [4.69, 9.17) is 16.6 Å². The number of halogens is 3. The number of amides is 1. The molecule has 0 bridgehead atoms. The molecular weight excluding hydrogens is 218 g/mol. The molecule has 0 aliphatic heterocycles. The number of nitrogens with two attached hydrogens (primary N) is 2. The molecule has 4 nitrogen and oxygen atoms in total. The summed E-state index contributed by atoms with van der Waals surface area (Å²) in [5.74, 6) is -3.83. The van der Waals surface area contributed by atoms with Crippen LogP contribution in [0.15, 0.2) is 0 Å². The monoisotopic (exact) mass is 232 g/mol. The van der Waals surface area contributed by atoms with Gasteiger partial charge in [-0.3, -0.25) is 4.79 Å². The number of hydrogen-bond acceptors (Lipinski definition) is 3. The Balaban J connectivity index is 0. The molecule has 0 saturated heterocycles. The highest BCUT2D eigenvalue weighted by molar-refractivity contribution is 5.85. The van der Waals surface area contributed by atoms with Gasteiger partial charge in [0.2, 0.25) is 11.8 Å². The van der Waals surface area contributed by atoms with Crippen molar-refractivity contribution in [1.82, 2.24) is 0 Å². The van der Waals surface area contributed by atoms with Crippen LogP contribution in [0.3, 0.4) is 0 Å². The van der Waals surface area contributed by atoms with Crippen molar-refractivity contribution >= 4 is 18.3 Å². The molecule has 2 atom stereocenters. The zero-order valence-electron chi connectivity index (χ0n) is 7.74. The molecule has 0 saturated carbocycles. The second kappa shape index (κ2) is 6.10. The van der Waals surface area contributed by atoms with Crippen LogP contribution in [-0.2, 0) is 4.79 Å². The topological polar surface area (TPSA) is 89.3 Å². The molecule has 0 aromatic rings. The second-order valence-corrected chi connectivity index (χ2v) is 3.12. The molecule has 0 aromatic heterocycles. The van der Waals surface area contributed by atoms with Crippen LogP contribution in [0.2, 0.25) is 0 Å². The van der Waals surface area contributed by atoms with Gasteiger partial charge < -0.3 is 16.6 Å². The largest absolute Gasteiger partial charge is 0.382 e. The normalized spacial score (nSPS) is 15.5. The van der Waals surface area contributed by atoms with Crippen molar-refractivity contribution in [2.75, 3.05) is 0 Å². The maximum atomic E-state index is 12.3. The summed E-state index contributed by atoms with van der Waals surface area (Å²) in [6, 6.07) is -1.02. The van der Waals surface area contributed by atoms with Crippen LogP contribution in [0.4, 0.5) is 8.78 Å². The van der Waals surface area contributed by atoms with E-state index in [1.165, 1.54) is 0 Å². The van der Waals surface area contributed by atoms with Crippen molar-refractivity contribution in [3.63, 3.8) is 0 Å².